The smallest absolute Gasteiger partial charge is 0.247 e. The molecule has 1 aromatic carbocycles. The topological polar surface area (TPSA) is 42.2 Å². The predicted molar refractivity (Wildman–Crippen MR) is 78.1 cm³/mol. The Morgan fingerprint density at radius 3 is 2.80 bits per heavy atom. The summed E-state index contributed by atoms with van der Waals surface area (Å²) in [6.45, 7) is 7.41. The van der Waals surface area contributed by atoms with Crippen molar-refractivity contribution in [2.24, 2.45) is 5.92 Å². The Hall–Kier alpha value is -1.68. The molecule has 20 heavy (non-hydrogen) atoms. The highest BCUT2D eigenvalue weighted by Gasteiger charge is 2.18. The van der Waals surface area contributed by atoms with Gasteiger partial charge in [0.1, 0.15) is 0 Å². The van der Waals surface area contributed by atoms with E-state index in [1.807, 2.05) is 12.1 Å². The lowest BCUT2D eigenvalue weighted by molar-refractivity contribution is 0.171. The van der Waals surface area contributed by atoms with Crippen LogP contribution in [-0.4, -0.2) is 28.2 Å². The Labute approximate surface area is 119 Å². The van der Waals surface area contributed by atoms with E-state index in [1.54, 1.807) is 0 Å². The molecule has 4 nitrogen and oxygen atoms in total. The van der Waals surface area contributed by atoms with E-state index in [4.69, 9.17) is 4.42 Å². The number of hydrogen-bond donors (Lipinski definition) is 0. The van der Waals surface area contributed by atoms with Crippen molar-refractivity contribution in [1.82, 2.24) is 15.1 Å². The Balaban J connectivity index is 1.68. The van der Waals surface area contributed by atoms with E-state index in [0.29, 0.717) is 5.89 Å². The first-order chi connectivity index (χ1) is 9.70. The molecule has 1 saturated heterocycles. The molecule has 0 amide bonds. The molecule has 2 aromatic rings. The van der Waals surface area contributed by atoms with Gasteiger partial charge in [-0.3, -0.25) is 4.90 Å². The first kappa shape index (κ1) is 13.3. The number of benzene rings is 1. The number of nitrogens with zero attached hydrogens (tertiary/aromatic N) is 3. The van der Waals surface area contributed by atoms with Gasteiger partial charge in [0.2, 0.25) is 11.8 Å². The van der Waals surface area contributed by atoms with Crippen LogP contribution in [0.15, 0.2) is 28.7 Å². The summed E-state index contributed by atoms with van der Waals surface area (Å²) in [6.07, 6.45) is 2.53. The molecule has 1 aliphatic rings. The number of likely N-dealkylation sites (tertiary alicyclic amines) is 1. The van der Waals surface area contributed by atoms with Crippen molar-refractivity contribution in [2.45, 2.75) is 33.2 Å². The fraction of sp³-hybridized carbons (Fsp3) is 0.500. The Bertz CT molecular complexity index is 571. The Morgan fingerprint density at radius 1 is 1.25 bits per heavy atom. The molecular formula is C16H21N3O. The van der Waals surface area contributed by atoms with Crippen LogP contribution >= 0.6 is 0 Å². The summed E-state index contributed by atoms with van der Waals surface area (Å²) in [7, 11) is 0. The molecule has 1 aliphatic heterocycles. The van der Waals surface area contributed by atoms with Gasteiger partial charge in [0, 0.05) is 5.56 Å². The Kier molecular flexibility index (Phi) is 3.83. The summed E-state index contributed by atoms with van der Waals surface area (Å²) in [5, 5.41) is 8.34. The van der Waals surface area contributed by atoms with Gasteiger partial charge in [-0.05, 0) is 50.9 Å². The second kappa shape index (κ2) is 5.75. The molecule has 1 aromatic heterocycles. The monoisotopic (exact) mass is 271 g/mol. The van der Waals surface area contributed by atoms with Crippen molar-refractivity contribution in [3.05, 3.63) is 35.7 Å². The molecule has 3 rings (SSSR count). The molecule has 4 heteroatoms. The van der Waals surface area contributed by atoms with Gasteiger partial charge in [-0.25, -0.2) is 0 Å². The largest absolute Gasteiger partial charge is 0.419 e. The van der Waals surface area contributed by atoms with E-state index in [2.05, 4.69) is 41.1 Å². The molecule has 0 bridgehead atoms. The summed E-state index contributed by atoms with van der Waals surface area (Å²) in [5.74, 6) is 2.18. The van der Waals surface area contributed by atoms with Gasteiger partial charge in [-0.2, -0.15) is 0 Å². The maximum atomic E-state index is 5.79. The molecule has 0 radical (unpaired) electrons. The number of piperidine rings is 1. The summed E-state index contributed by atoms with van der Waals surface area (Å²) >= 11 is 0. The number of aryl methyl sites for hydroxylation is 1. The highest BCUT2D eigenvalue weighted by Crippen LogP contribution is 2.21. The fourth-order valence-corrected chi connectivity index (χ4v) is 2.62. The zero-order valence-corrected chi connectivity index (χ0v) is 12.2. The van der Waals surface area contributed by atoms with Crippen LogP contribution in [0.2, 0.25) is 0 Å². The van der Waals surface area contributed by atoms with Crippen LogP contribution in [-0.2, 0) is 6.54 Å². The molecule has 0 aliphatic carbocycles. The molecule has 0 spiro atoms. The van der Waals surface area contributed by atoms with Crippen molar-refractivity contribution < 1.29 is 4.42 Å². The average molecular weight is 271 g/mol. The zero-order chi connectivity index (χ0) is 13.9. The number of aromatic nitrogens is 2. The number of rotatable bonds is 3. The Morgan fingerprint density at radius 2 is 2.05 bits per heavy atom. The third kappa shape index (κ3) is 3.07. The van der Waals surface area contributed by atoms with Gasteiger partial charge in [0.05, 0.1) is 6.54 Å². The standard InChI is InChI=1S/C16H21N3O/c1-12-6-8-19(9-7-12)11-15-17-18-16(20-15)14-5-3-4-13(2)10-14/h3-5,10,12H,6-9,11H2,1-2H3. The molecule has 1 fully saturated rings. The SMILES string of the molecule is Cc1cccc(-c2nnc(CN3CCC(C)CC3)o2)c1. The van der Waals surface area contributed by atoms with Gasteiger partial charge in [-0.1, -0.05) is 24.6 Å². The van der Waals surface area contributed by atoms with Crippen LogP contribution in [0.5, 0.6) is 0 Å². The van der Waals surface area contributed by atoms with Crippen molar-refractivity contribution >= 4 is 0 Å². The minimum absolute atomic E-state index is 0.620. The normalized spacial score (nSPS) is 17.5. The van der Waals surface area contributed by atoms with Crippen LogP contribution in [0, 0.1) is 12.8 Å². The highest BCUT2D eigenvalue weighted by molar-refractivity contribution is 5.53. The fourth-order valence-electron chi connectivity index (χ4n) is 2.62. The molecule has 106 valence electrons. The van der Waals surface area contributed by atoms with Crippen molar-refractivity contribution in [2.75, 3.05) is 13.1 Å². The third-order valence-corrected chi connectivity index (χ3v) is 3.97. The molecule has 0 saturated carbocycles. The second-order valence-electron chi connectivity index (χ2n) is 5.83. The molecule has 0 atom stereocenters. The van der Waals surface area contributed by atoms with Crippen LogP contribution in [0.3, 0.4) is 0 Å². The van der Waals surface area contributed by atoms with Crippen LogP contribution in [0.25, 0.3) is 11.5 Å². The lowest BCUT2D eigenvalue weighted by Crippen LogP contribution is -2.32. The molecule has 0 unspecified atom stereocenters. The summed E-state index contributed by atoms with van der Waals surface area (Å²) < 4.78 is 5.79. The van der Waals surface area contributed by atoms with Crippen molar-refractivity contribution in [3.63, 3.8) is 0 Å². The van der Waals surface area contributed by atoms with Crippen LogP contribution in [0.1, 0.15) is 31.2 Å². The quantitative estimate of drug-likeness (QED) is 0.859. The molecule has 0 N–H and O–H groups in total. The maximum Gasteiger partial charge on any atom is 0.247 e. The lowest BCUT2D eigenvalue weighted by Gasteiger charge is -2.28. The van der Waals surface area contributed by atoms with Crippen molar-refractivity contribution in [3.8, 4) is 11.5 Å². The number of hydrogen-bond acceptors (Lipinski definition) is 4. The van der Waals surface area contributed by atoms with Gasteiger partial charge < -0.3 is 4.42 Å². The van der Waals surface area contributed by atoms with Gasteiger partial charge >= 0.3 is 0 Å². The third-order valence-electron chi connectivity index (χ3n) is 3.97. The van der Waals surface area contributed by atoms with E-state index < -0.39 is 0 Å². The summed E-state index contributed by atoms with van der Waals surface area (Å²) in [4.78, 5) is 2.40. The van der Waals surface area contributed by atoms with Gasteiger partial charge in [0.25, 0.3) is 0 Å². The highest BCUT2D eigenvalue weighted by atomic mass is 16.4. The molecule has 2 heterocycles. The molecular weight excluding hydrogens is 250 g/mol. The average Bonchev–Trinajstić information content (AvgIpc) is 2.90. The minimum atomic E-state index is 0.620. The summed E-state index contributed by atoms with van der Waals surface area (Å²) in [5.41, 5.74) is 2.20. The van der Waals surface area contributed by atoms with E-state index >= 15 is 0 Å². The van der Waals surface area contributed by atoms with Crippen LogP contribution in [0.4, 0.5) is 0 Å². The van der Waals surface area contributed by atoms with Gasteiger partial charge in [-0.15, -0.1) is 10.2 Å². The maximum absolute atomic E-state index is 5.79. The van der Waals surface area contributed by atoms with Gasteiger partial charge in [0.15, 0.2) is 0 Å². The summed E-state index contributed by atoms with van der Waals surface area (Å²) in [6, 6.07) is 8.16. The minimum Gasteiger partial charge on any atom is -0.419 e. The first-order valence-electron chi connectivity index (χ1n) is 7.32. The second-order valence-corrected chi connectivity index (χ2v) is 5.83. The first-order valence-corrected chi connectivity index (χ1v) is 7.32. The van der Waals surface area contributed by atoms with E-state index in [0.717, 1.165) is 37.0 Å². The van der Waals surface area contributed by atoms with E-state index in [1.165, 1.54) is 18.4 Å². The van der Waals surface area contributed by atoms with E-state index in [9.17, 15) is 0 Å². The predicted octanol–water partition coefficient (Wildman–Crippen LogP) is 3.28. The zero-order valence-electron chi connectivity index (χ0n) is 12.2. The van der Waals surface area contributed by atoms with Crippen molar-refractivity contribution in [1.29, 1.82) is 0 Å². The van der Waals surface area contributed by atoms with E-state index in [-0.39, 0.29) is 0 Å². The van der Waals surface area contributed by atoms with Crippen LogP contribution < -0.4 is 0 Å². The lowest BCUT2D eigenvalue weighted by atomic mass is 9.99.